The van der Waals surface area contributed by atoms with Crippen LogP contribution in [0.3, 0.4) is 0 Å². The van der Waals surface area contributed by atoms with Gasteiger partial charge in [0.05, 0.1) is 15.2 Å². The van der Waals surface area contributed by atoms with Gasteiger partial charge >= 0.3 is 5.97 Å². The molecule has 1 heterocycles. The van der Waals surface area contributed by atoms with Crippen LogP contribution in [0.4, 0.5) is 11.4 Å². The summed E-state index contributed by atoms with van der Waals surface area (Å²) in [5.74, 6) is -1.67. The number of para-hydroxylation sites is 1. The van der Waals surface area contributed by atoms with Crippen LogP contribution in [0.1, 0.15) is 42.1 Å². The van der Waals surface area contributed by atoms with Crippen LogP contribution in [0.5, 0.6) is 0 Å². The number of anilines is 1. The molecule has 0 spiro atoms. The largest absolute Gasteiger partial charge is 0.480 e. The number of carbonyl (C=O) groups is 2. The molecular formula is C24H26ClN3O5S. The van der Waals surface area contributed by atoms with Crippen LogP contribution in [0, 0.1) is 16.0 Å². The Morgan fingerprint density at radius 1 is 1.24 bits per heavy atom. The number of halogens is 1. The molecule has 2 N–H and O–H groups in total. The lowest BCUT2D eigenvalue weighted by Gasteiger charge is -2.36. The highest BCUT2D eigenvalue weighted by molar-refractivity contribution is 8.00. The predicted octanol–water partition coefficient (Wildman–Crippen LogP) is 4.83. The SMILES string of the molecule is CCN(CC)C(=O)c1ccc2c(c1)[C@@H]1[C@@H](Cl)[C@@H](Sc3ccccc3[N+](=O)[O-])C[C@@H]1[C@H](C(=O)O)N2. The van der Waals surface area contributed by atoms with Gasteiger partial charge in [-0.1, -0.05) is 12.1 Å². The standard InChI is InChI=1S/C24H26ClN3O5S/c1-3-27(4-2)23(29)13-9-10-16-14(11-13)20-15(22(26-16)24(30)31)12-19(21(20)25)34-18-8-6-5-7-17(18)28(32)33/h5-11,15,19-22,26H,3-4,12H2,1-2H3,(H,30,31)/t15-,19-,20-,21-,22+/m0/s1. The van der Waals surface area contributed by atoms with Gasteiger partial charge in [0.1, 0.15) is 6.04 Å². The minimum atomic E-state index is -0.968. The molecule has 1 aliphatic heterocycles. The van der Waals surface area contributed by atoms with Crippen molar-refractivity contribution in [1.82, 2.24) is 4.90 Å². The Bertz CT molecular complexity index is 1130. The predicted molar refractivity (Wildman–Crippen MR) is 132 cm³/mol. The molecule has 0 aromatic heterocycles. The zero-order valence-corrected chi connectivity index (χ0v) is 20.4. The van der Waals surface area contributed by atoms with Gasteiger partial charge in [0, 0.05) is 41.6 Å². The van der Waals surface area contributed by atoms with Crippen molar-refractivity contribution in [3.63, 3.8) is 0 Å². The van der Waals surface area contributed by atoms with E-state index in [1.54, 1.807) is 35.2 Å². The van der Waals surface area contributed by atoms with E-state index in [4.69, 9.17) is 11.6 Å². The number of alkyl halides is 1. The molecule has 0 unspecified atom stereocenters. The summed E-state index contributed by atoms with van der Waals surface area (Å²) >= 11 is 8.30. The molecule has 10 heteroatoms. The van der Waals surface area contributed by atoms with Crippen LogP contribution < -0.4 is 5.32 Å². The lowest BCUT2D eigenvalue weighted by molar-refractivity contribution is -0.387. The smallest absolute Gasteiger partial charge is 0.326 e. The lowest BCUT2D eigenvalue weighted by atomic mass is 9.79. The van der Waals surface area contributed by atoms with E-state index >= 15 is 0 Å². The van der Waals surface area contributed by atoms with Gasteiger partial charge in [0.15, 0.2) is 0 Å². The van der Waals surface area contributed by atoms with Crippen molar-refractivity contribution in [2.24, 2.45) is 5.92 Å². The van der Waals surface area contributed by atoms with Crippen LogP contribution in [0.25, 0.3) is 0 Å². The molecule has 8 nitrogen and oxygen atoms in total. The summed E-state index contributed by atoms with van der Waals surface area (Å²) in [4.78, 5) is 38.3. The zero-order chi connectivity index (χ0) is 24.6. The molecule has 1 aliphatic carbocycles. The molecule has 5 atom stereocenters. The van der Waals surface area contributed by atoms with Crippen molar-refractivity contribution in [2.75, 3.05) is 18.4 Å². The van der Waals surface area contributed by atoms with Crippen molar-refractivity contribution in [2.45, 2.75) is 47.8 Å². The van der Waals surface area contributed by atoms with Crippen LogP contribution in [0.15, 0.2) is 47.4 Å². The highest BCUT2D eigenvalue weighted by Gasteiger charge is 2.52. The second-order valence-electron chi connectivity index (χ2n) is 8.49. The number of nitrogens with zero attached hydrogens (tertiary/aromatic N) is 2. The minimum absolute atomic E-state index is 0.00616. The molecule has 0 bridgehead atoms. The molecule has 4 rings (SSSR count). The Balaban J connectivity index is 1.70. The number of nitrogens with one attached hydrogen (secondary N) is 1. The number of amides is 1. The zero-order valence-electron chi connectivity index (χ0n) is 18.8. The van der Waals surface area contributed by atoms with E-state index in [0.29, 0.717) is 35.7 Å². The average Bonchev–Trinajstić information content (AvgIpc) is 3.15. The van der Waals surface area contributed by atoms with Gasteiger partial charge in [-0.2, -0.15) is 0 Å². The van der Waals surface area contributed by atoms with Crippen molar-refractivity contribution < 1.29 is 19.6 Å². The summed E-state index contributed by atoms with van der Waals surface area (Å²) in [7, 11) is 0. The fourth-order valence-corrected chi connectivity index (χ4v) is 7.00. The maximum absolute atomic E-state index is 13.0. The van der Waals surface area contributed by atoms with Crippen molar-refractivity contribution in [3.8, 4) is 0 Å². The monoisotopic (exact) mass is 503 g/mol. The molecule has 1 amide bonds. The first kappa shape index (κ1) is 24.3. The molecule has 1 fully saturated rings. The molecule has 2 aliphatic rings. The fraction of sp³-hybridized carbons (Fsp3) is 0.417. The number of hydrogen-bond donors (Lipinski definition) is 2. The molecule has 0 saturated heterocycles. The number of hydrogen-bond acceptors (Lipinski definition) is 6. The summed E-state index contributed by atoms with van der Waals surface area (Å²) in [6.07, 6.45) is 0.479. The third-order valence-corrected chi connectivity index (χ3v) is 8.83. The summed E-state index contributed by atoms with van der Waals surface area (Å²) in [6, 6.07) is 11.0. The van der Waals surface area contributed by atoms with Gasteiger partial charge in [-0.05, 0) is 56.0 Å². The first-order valence-electron chi connectivity index (χ1n) is 11.2. The van der Waals surface area contributed by atoms with Gasteiger partial charge in [-0.15, -0.1) is 23.4 Å². The highest BCUT2D eigenvalue weighted by Crippen LogP contribution is 2.55. The normalized spacial score (nSPS) is 25.1. The number of thioether (sulfide) groups is 1. The molecule has 34 heavy (non-hydrogen) atoms. The summed E-state index contributed by atoms with van der Waals surface area (Å²) in [5.41, 5.74) is 2.03. The van der Waals surface area contributed by atoms with Crippen LogP contribution in [-0.4, -0.2) is 56.6 Å². The van der Waals surface area contributed by atoms with E-state index in [1.807, 2.05) is 19.9 Å². The summed E-state index contributed by atoms with van der Waals surface area (Å²) in [6.45, 7) is 5.02. The van der Waals surface area contributed by atoms with Crippen LogP contribution >= 0.6 is 23.4 Å². The Morgan fingerprint density at radius 2 is 1.94 bits per heavy atom. The molecule has 0 radical (unpaired) electrons. The average molecular weight is 504 g/mol. The third kappa shape index (κ3) is 4.34. The number of fused-ring (bicyclic) bond motifs is 3. The Hall–Kier alpha value is -2.78. The number of nitro groups is 1. The minimum Gasteiger partial charge on any atom is -0.480 e. The number of benzene rings is 2. The van der Waals surface area contributed by atoms with E-state index in [1.165, 1.54) is 17.8 Å². The third-order valence-electron chi connectivity index (χ3n) is 6.72. The molecule has 1 saturated carbocycles. The van der Waals surface area contributed by atoms with Crippen LogP contribution in [0.2, 0.25) is 0 Å². The Morgan fingerprint density at radius 3 is 2.59 bits per heavy atom. The van der Waals surface area contributed by atoms with E-state index in [0.717, 1.165) is 5.56 Å². The molecule has 2 aromatic carbocycles. The molecule has 180 valence electrons. The van der Waals surface area contributed by atoms with Gasteiger partial charge in [0.25, 0.3) is 11.6 Å². The second kappa shape index (κ2) is 9.84. The maximum atomic E-state index is 13.0. The maximum Gasteiger partial charge on any atom is 0.326 e. The number of carboxylic acid groups (broad SMARTS) is 1. The fourth-order valence-electron chi connectivity index (χ4n) is 5.06. The first-order valence-corrected chi connectivity index (χ1v) is 12.5. The number of nitro benzene ring substituents is 1. The van der Waals surface area contributed by atoms with Gasteiger partial charge in [-0.25, -0.2) is 4.79 Å². The molecular weight excluding hydrogens is 478 g/mol. The quantitative estimate of drug-likeness (QED) is 0.316. The Labute approximate surface area is 206 Å². The lowest BCUT2D eigenvalue weighted by Crippen LogP contribution is -2.42. The summed E-state index contributed by atoms with van der Waals surface area (Å²) in [5, 5.41) is 23.8. The number of carbonyl (C=O) groups excluding carboxylic acids is 1. The van der Waals surface area contributed by atoms with Crippen LogP contribution in [-0.2, 0) is 4.79 Å². The number of rotatable bonds is 7. The van der Waals surface area contributed by atoms with E-state index in [2.05, 4.69) is 5.32 Å². The highest BCUT2D eigenvalue weighted by atomic mass is 35.5. The Kier molecular flexibility index (Phi) is 7.04. The van der Waals surface area contributed by atoms with Crippen molar-refractivity contribution in [3.05, 3.63) is 63.7 Å². The number of carboxylic acids is 1. The molecule has 2 aromatic rings. The van der Waals surface area contributed by atoms with Gasteiger partial charge in [-0.3, -0.25) is 14.9 Å². The van der Waals surface area contributed by atoms with E-state index in [-0.39, 0.29) is 28.7 Å². The summed E-state index contributed by atoms with van der Waals surface area (Å²) < 4.78 is 0. The van der Waals surface area contributed by atoms with Gasteiger partial charge < -0.3 is 15.3 Å². The topological polar surface area (TPSA) is 113 Å². The van der Waals surface area contributed by atoms with E-state index in [9.17, 15) is 24.8 Å². The van der Waals surface area contributed by atoms with Gasteiger partial charge in [0.2, 0.25) is 0 Å². The van der Waals surface area contributed by atoms with Crippen molar-refractivity contribution >= 4 is 46.6 Å². The van der Waals surface area contributed by atoms with Crippen molar-refractivity contribution in [1.29, 1.82) is 0 Å². The first-order chi connectivity index (χ1) is 16.3. The number of aliphatic carboxylic acids is 1. The van der Waals surface area contributed by atoms with E-state index < -0.39 is 22.3 Å². The second-order valence-corrected chi connectivity index (χ2v) is 10.3.